The fourth-order valence-corrected chi connectivity index (χ4v) is 2.97. The van der Waals surface area contributed by atoms with Gasteiger partial charge < -0.3 is 14.8 Å². The summed E-state index contributed by atoms with van der Waals surface area (Å²) in [5.74, 6) is 1.40. The van der Waals surface area contributed by atoms with E-state index >= 15 is 0 Å². The Morgan fingerprint density at radius 2 is 2.00 bits per heavy atom. The van der Waals surface area contributed by atoms with Crippen molar-refractivity contribution in [1.82, 2.24) is 20.3 Å². The number of fused-ring (bicyclic) bond motifs is 2. The minimum atomic E-state index is -0.249. The Morgan fingerprint density at radius 1 is 1.19 bits per heavy atom. The highest BCUT2D eigenvalue weighted by Gasteiger charge is 2.24. The predicted molar refractivity (Wildman–Crippen MR) is 96.1 cm³/mol. The molecule has 134 valence electrons. The molecule has 3 aromatic rings. The van der Waals surface area contributed by atoms with Crippen LogP contribution in [0.1, 0.15) is 19.4 Å². The lowest BCUT2D eigenvalue weighted by Crippen LogP contribution is -2.38. The van der Waals surface area contributed by atoms with E-state index in [2.05, 4.69) is 29.5 Å². The van der Waals surface area contributed by atoms with E-state index in [4.69, 9.17) is 9.47 Å². The van der Waals surface area contributed by atoms with Crippen LogP contribution in [0.2, 0.25) is 0 Å². The third-order valence-electron chi connectivity index (χ3n) is 4.60. The van der Waals surface area contributed by atoms with E-state index < -0.39 is 0 Å². The highest BCUT2D eigenvalue weighted by atomic mass is 16.7. The number of amides is 1. The van der Waals surface area contributed by atoms with Crippen LogP contribution in [-0.4, -0.2) is 34.2 Å². The minimum Gasteiger partial charge on any atom is -0.454 e. The summed E-state index contributed by atoms with van der Waals surface area (Å²) in [6.45, 7) is 5.04. The standard InChI is InChI=1S/C19H20N4O3/c1-19(2,13-7-8-16-17(9-13)26-12-25-16)11-20-18(24)10-23-15-6-4-3-5-14(15)21-22-23/h3-9H,10-12H2,1-2H3,(H,20,24). The Hall–Kier alpha value is -3.09. The zero-order chi connectivity index (χ0) is 18.1. The van der Waals surface area contributed by atoms with Gasteiger partial charge in [0, 0.05) is 12.0 Å². The normalized spacial score (nSPS) is 13.2. The Kier molecular flexibility index (Phi) is 3.99. The van der Waals surface area contributed by atoms with Gasteiger partial charge in [0.15, 0.2) is 11.5 Å². The molecule has 0 spiro atoms. The number of hydrogen-bond donors (Lipinski definition) is 1. The second-order valence-corrected chi connectivity index (χ2v) is 6.96. The van der Waals surface area contributed by atoms with Crippen molar-refractivity contribution in [3.63, 3.8) is 0 Å². The SMILES string of the molecule is CC(C)(CNC(=O)Cn1nnc2ccccc21)c1ccc2c(c1)OCO2. The van der Waals surface area contributed by atoms with Crippen molar-refractivity contribution in [2.45, 2.75) is 25.8 Å². The number of aromatic nitrogens is 3. The first-order valence-corrected chi connectivity index (χ1v) is 8.48. The molecule has 7 nitrogen and oxygen atoms in total. The molecule has 2 heterocycles. The molecule has 1 aromatic heterocycles. The Labute approximate surface area is 150 Å². The largest absolute Gasteiger partial charge is 0.454 e. The van der Waals surface area contributed by atoms with Gasteiger partial charge in [-0.25, -0.2) is 4.68 Å². The summed E-state index contributed by atoms with van der Waals surface area (Å²) >= 11 is 0. The molecule has 26 heavy (non-hydrogen) atoms. The van der Waals surface area contributed by atoms with E-state index in [9.17, 15) is 4.79 Å². The zero-order valence-corrected chi connectivity index (χ0v) is 14.7. The molecule has 7 heteroatoms. The maximum Gasteiger partial charge on any atom is 0.241 e. The van der Waals surface area contributed by atoms with Gasteiger partial charge in [0.1, 0.15) is 12.1 Å². The third-order valence-corrected chi connectivity index (χ3v) is 4.60. The molecule has 1 amide bonds. The number of rotatable bonds is 5. The number of carbonyl (C=O) groups excluding carboxylic acids is 1. The van der Waals surface area contributed by atoms with Gasteiger partial charge in [-0.05, 0) is 29.8 Å². The zero-order valence-electron chi connectivity index (χ0n) is 14.7. The number of ether oxygens (including phenoxy) is 2. The lowest BCUT2D eigenvalue weighted by atomic mass is 9.84. The second kappa shape index (κ2) is 6.33. The summed E-state index contributed by atoms with van der Waals surface area (Å²) in [7, 11) is 0. The summed E-state index contributed by atoms with van der Waals surface area (Å²) in [5, 5.41) is 11.1. The Morgan fingerprint density at radius 3 is 2.88 bits per heavy atom. The summed E-state index contributed by atoms with van der Waals surface area (Å²) in [4.78, 5) is 12.4. The molecular weight excluding hydrogens is 332 g/mol. The first-order valence-electron chi connectivity index (χ1n) is 8.48. The van der Waals surface area contributed by atoms with Crippen LogP contribution in [0.4, 0.5) is 0 Å². The lowest BCUT2D eigenvalue weighted by Gasteiger charge is -2.26. The van der Waals surface area contributed by atoms with Gasteiger partial charge in [-0.3, -0.25) is 4.79 Å². The minimum absolute atomic E-state index is 0.102. The Bertz CT molecular complexity index is 964. The smallest absolute Gasteiger partial charge is 0.241 e. The average Bonchev–Trinajstić information content (AvgIpc) is 3.27. The quantitative estimate of drug-likeness (QED) is 0.762. The van der Waals surface area contributed by atoms with Crippen molar-refractivity contribution >= 4 is 16.9 Å². The number of nitrogens with one attached hydrogen (secondary N) is 1. The van der Waals surface area contributed by atoms with Crippen molar-refractivity contribution in [2.75, 3.05) is 13.3 Å². The molecule has 0 unspecified atom stereocenters. The monoisotopic (exact) mass is 352 g/mol. The molecule has 0 saturated carbocycles. The lowest BCUT2D eigenvalue weighted by molar-refractivity contribution is -0.122. The summed E-state index contributed by atoms with van der Waals surface area (Å²) < 4.78 is 12.4. The van der Waals surface area contributed by atoms with Gasteiger partial charge in [-0.2, -0.15) is 0 Å². The van der Waals surface area contributed by atoms with E-state index in [-0.39, 0.29) is 24.7 Å². The van der Waals surface area contributed by atoms with E-state index in [1.807, 2.05) is 42.5 Å². The number of benzene rings is 2. The molecule has 0 atom stereocenters. The van der Waals surface area contributed by atoms with E-state index in [0.29, 0.717) is 6.54 Å². The first-order chi connectivity index (χ1) is 12.5. The van der Waals surface area contributed by atoms with E-state index in [1.165, 1.54) is 0 Å². The average molecular weight is 352 g/mol. The molecule has 0 fully saturated rings. The van der Waals surface area contributed by atoms with Crippen LogP contribution >= 0.6 is 0 Å². The van der Waals surface area contributed by atoms with Crippen molar-refractivity contribution in [2.24, 2.45) is 0 Å². The van der Waals surface area contributed by atoms with Crippen LogP contribution < -0.4 is 14.8 Å². The third kappa shape index (κ3) is 3.08. The number of carbonyl (C=O) groups is 1. The highest BCUT2D eigenvalue weighted by Crippen LogP contribution is 2.36. The van der Waals surface area contributed by atoms with Gasteiger partial charge in [0.2, 0.25) is 12.7 Å². The van der Waals surface area contributed by atoms with Gasteiger partial charge >= 0.3 is 0 Å². The summed E-state index contributed by atoms with van der Waals surface area (Å²) in [6, 6.07) is 13.5. The van der Waals surface area contributed by atoms with E-state index in [0.717, 1.165) is 28.1 Å². The first kappa shape index (κ1) is 16.4. The van der Waals surface area contributed by atoms with Crippen LogP contribution in [0.5, 0.6) is 11.5 Å². The van der Waals surface area contributed by atoms with Gasteiger partial charge in [-0.15, -0.1) is 5.10 Å². The maximum atomic E-state index is 12.4. The Balaban J connectivity index is 1.42. The predicted octanol–water partition coefficient (Wildman–Crippen LogP) is 2.25. The molecule has 4 rings (SSSR count). The molecular formula is C19H20N4O3. The molecule has 0 aliphatic carbocycles. The van der Waals surface area contributed by atoms with Gasteiger partial charge in [-0.1, -0.05) is 37.3 Å². The fourth-order valence-electron chi connectivity index (χ4n) is 2.97. The summed E-state index contributed by atoms with van der Waals surface area (Å²) in [5.41, 5.74) is 2.45. The van der Waals surface area contributed by atoms with Crippen molar-refractivity contribution < 1.29 is 14.3 Å². The van der Waals surface area contributed by atoms with Crippen LogP contribution in [-0.2, 0) is 16.8 Å². The number of nitrogens with zero attached hydrogens (tertiary/aromatic N) is 3. The number of hydrogen-bond acceptors (Lipinski definition) is 5. The molecule has 1 aliphatic heterocycles. The molecule has 0 radical (unpaired) electrons. The van der Waals surface area contributed by atoms with Crippen LogP contribution in [0, 0.1) is 0 Å². The van der Waals surface area contributed by atoms with Gasteiger partial charge in [0.05, 0.1) is 5.52 Å². The number of para-hydroxylation sites is 1. The highest BCUT2D eigenvalue weighted by molar-refractivity contribution is 5.79. The molecule has 0 bridgehead atoms. The maximum absolute atomic E-state index is 12.4. The van der Waals surface area contributed by atoms with Gasteiger partial charge in [0.25, 0.3) is 0 Å². The van der Waals surface area contributed by atoms with Crippen LogP contribution in [0.3, 0.4) is 0 Å². The van der Waals surface area contributed by atoms with E-state index in [1.54, 1.807) is 4.68 Å². The molecule has 0 saturated heterocycles. The summed E-state index contributed by atoms with van der Waals surface area (Å²) in [6.07, 6.45) is 0. The van der Waals surface area contributed by atoms with Crippen molar-refractivity contribution in [1.29, 1.82) is 0 Å². The second-order valence-electron chi connectivity index (χ2n) is 6.96. The van der Waals surface area contributed by atoms with Crippen LogP contribution in [0.15, 0.2) is 42.5 Å². The van der Waals surface area contributed by atoms with Crippen molar-refractivity contribution in [3.05, 3.63) is 48.0 Å². The fraction of sp³-hybridized carbons (Fsp3) is 0.316. The van der Waals surface area contributed by atoms with Crippen LogP contribution in [0.25, 0.3) is 11.0 Å². The molecule has 2 aromatic carbocycles. The molecule has 1 N–H and O–H groups in total. The topological polar surface area (TPSA) is 78.3 Å². The van der Waals surface area contributed by atoms with Crippen molar-refractivity contribution in [3.8, 4) is 11.5 Å². The molecule has 1 aliphatic rings.